The number of aromatic nitrogens is 1. The van der Waals surface area contributed by atoms with Crippen molar-refractivity contribution in [2.75, 3.05) is 13.5 Å². The number of rotatable bonds is 5. The Kier molecular flexibility index (Phi) is 3.92. The first kappa shape index (κ1) is 13.2. The molecule has 0 bridgehead atoms. The summed E-state index contributed by atoms with van der Waals surface area (Å²) in [5.74, 6) is -2.22. The molecule has 1 atom stereocenters. The van der Waals surface area contributed by atoms with Crippen molar-refractivity contribution < 1.29 is 12.9 Å². The Balaban J connectivity index is 2.00. The number of halogens is 2. The molecule has 2 heterocycles. The molecule has 0 spiro atoms. The van der Waals surface area contributed by atoms with Crippen LogP contribution in [0, 0.1) is 0 Å². The number of nitrogens with one attached hydrogen (secondary N) is 1. The predicted octanol–water partition coefficient (Wildman–Crippen LogP) is 5.24. The smallest absolute Gasteiger partial charge is 0.288 e. The van der Waals surface area contributed by atoms with E-state index in [2.05, 4.69) is 18.8 Å². The average Bonchev–Trinajstić information content (AvgIpc) is 3.12. The lowest BCUT2D eigenvalue weighted by Gasteiger charge is -2.20. The van der Waals surface area contributed by atoms with Crippen LogP contribution in [0.1, 0.15) is 48.0 Å². The Morgan fingerprint density at radius 3 is 2.96 bits per heavy atom. The lowest BCUT2D eigenvalue weighted by molar-refractivity contribution is 0.252. The van der Waals surface area contributed by atoms with Gasteiger partial charge in [0, 0.05) is 31.6 Å². The van der Waals surface area contributed by atoms with Gasteiger partial charge in [-0.1, -0.05) is 25.6 Å². The van der Waals surface area contributed by atoms with E-state index in [9.17, 15) is 8.78 Å². The molecule has 1 saturated heterocycles. The van der Waals surface area contributed by atoms with E-state index in [1.165, 1.54) is 0 Å². The molecule has 5 heteroatoms. The number of alkyl halides is 2. The van der Waals surface area contributed by atoms with Crippen LogP contribution >= 0.6 is 11.8 Å². The monoisotopic (exact) mass is 341 g/mol. The second-order valence-electron chi connectivity index (χ2n) is 6.45. The van der Waals surface area contributed by atoms with Crippen molar-refractivity contribution in [2.45, 2.75) is 55.7 Å². The minimum absolute atomic E-state index is 0.0505. The van der Waals surface area contributed by atoms with Gasteiger partial charge in [-0.05, 0) is 62.5 Å². The zero-order chi connectivity index (χ0) is 19.1. The summed E-state index contributed by atoms with van der Waals surface area (Å²) < 4.78 is 48.8. The quantitative estimate of drug-likeness (QED) is 0.750. The molecule has 23 heavy (non-hydrogen) atoms. The van der Waals surface area contributed by atoms with Gasteiger partial charge in [-0.15, -0.1) is 0 Å². The maximum absolute atomic E-state index is 12.8. The highest BCUT2D eigenvalue weighted by Gasteiger charge is 2.25. The average molecular weight is 341 g/mol. The summed E-state index contributed by atoms with van der Waals surface area (Å²) >= 11 is 0.540. The van der Waals surface area contributed by atoms with Crippen LogP contribution in [0.3, 0.4) is 0 Å². The van der Waals surface area contributed by atoms with Crippen molar-refractivity contribution in [3.8, 4) is 0 Å². The van der Waals surface area contributed by atoms with E-state index < -0.39 is 12.7 Å². The third-order valence-corrected chi connectivity index (χ3v) is 5.23. The molecule has 1 N–H and O–H groups in total. The van der Waals surface area contributed by atoms with Crippen molar-refractivity contribution in [3.05, 3.63) is 29.5 Å². The highest BCUT2D eigenvalue weighted by atomic mass is 32.2. The van der Waals surface area contributed by atoms with E-state index in [4.69, 9.17) is 4.11 Å². The summed E-state index contributed by atoms with van der Waals surface area (Å²) in [6.07, 6.45) is 2.33. The van der Waals surface area contributed by atoms with Gasteiger partial charge in [0.1, 0.15) is 0 Å². The maximum atomic E-state index is 12.8. The minimum atomic E-state index is -2.46. The molecule has 126 valence electrons. The molecule has 1 aliphatic rings. The first-order chi connectivity index (χ1) is 12.2. The van der Waals surface area contributed by atoms with E-state index in [1.807, 2.05) is 6.07 Å². The van der Waals surface area contributed by atoms with Crippen LogP contribution in [-0.2, 0) is 6.42 Å². The summed E-state index contributed by atoms with van der Waals surface area (Å²) in [6.45, 7) is 2.65. The molecule has 1 aliphatic heterocycles. The number of likely N-dealkylation sites (N-methyl/N-ethyl adjacent to an activating group) is 1. The fourth-order valence-electron chi connectivity index (χ4n) is 3.42. The second kappa shape index (κ2) is 6.81. The molecule has 0 unspecified atom stereocenters. The van der Waals surface area contributed by atoms with Gasteiger partial charge in [-0.25, -0.2) is 0 Å². The molecule has 2 nitrogen and oxygen atoms in total. The molecule has 0 radical (unpaired) electrons. The van der Waals surface area contributed by atoms with Crippen molar-refractivity contribution in [1.29, 1.82) is 0 Å². The van der Waals surface area contributed by atoms with Gasteiger partial charge in [0.05, 0.1) is 0 Å². The summed E-state index contributed by atoms with van der Waals surface area (Å²) in [5, 5.41) is 0.928. The fourth-order valence-corrected chi connectivity index (χ4v) is 3.96. The zero-order valence-corrected chi connectivity index (χ0v) is 14.2. The Morgan fingerprint density at radius 1 is 1.43 bits per heavy atom. The van der Waals surface area contributed by atoms with Crippen molar-refractivity contribution >= 4 is 22.7 Å². The van der Waals surface area contributed by atoms with Crippen LogP contribution < -0.4 is 0 Å². The van der Waals surface area contributed by atoms with E-state index in [0.29, 0.717) is 29.6 Å². The summed E-state index contributed by atoms with van der Waals surface area (Å²) in [4.78, 5) is 5.55. The molecule has 0 aliphatic carbocycles. The van der Waals surface area contributed by atoms with Crippen LogP contribution in [0.15, 0.2) is 23.1 Å². The van der Waals surface area contributed by atoms with Crippen LogP contribution in [-0.4, -0.2) is 35.2 Å². The number of nitrogens with zero attached hydrogens (tertiary/aromatic N) is 1. The van der Waals surface area contributed by atoms with Crippen molar-refractivity contribution in [2.24, 2.45) is 0 Å². The number of aromatic amines is 1. The predicted molar refractivity (Wildman–Crippen MR) is 93.6 cm³/mol. The number of likely N-dealkylation sites (tertiary alicyclic amines) is 1. The van der Waals surface area contributed by atoms with E-state index in [1.54, 1.807) is 17.0 Å². The molecular formula is C18H24F2N2S. The van der Waals surface area contributed by atoms with Gasteiger partial charge >= 0.3 is 0 Å². The molecule has 0 saturated carbocycles. The fraction of sp³-hybridized carbons (Fsp3) is 0.556. The number of hydrogen-bond donors (Lipinski definition) is 1. The number of thioether (sulfide) groups is 1. The first-order valence-electron chi connectivity index (χ1n) is 9.53. The normalized spacial score (nSPS) is 22.0. The number of fused-ring (bicyclic) bond motifs is 1. The zero-order valence-electron chi connectivity index (χ0n) is 16.4. The Labute approximate surface area is 144 Å². The molecule has 2 aromatic rings. The number of H-pyrrole nitrogens is 1. The number of benzene rings is 1. The summed E-state index contributed by atoms with van der Waals surface area (Å²) in [7, 11) is 0. The highest BCUT2D eigenvalue weighted by Crippen LogP contribution is 2.35. The van der Waals surface area contributed by atoms with Gasteiger partial charge in [-0.2, -0.15) is 8.78 Å². The van der Waals surface area contributed by atoms with Crippen LogP contribution in [0.4, 0.5) is 8.78 Å². The second-order valence-corrected chi connectivity index (χ2v) is 7.51. The minimum Gasteiger partial charge on any atom is -0.358 e. The van der Waals surface area contributed by atoms with E-state index >= 15 is 0 Å². The first-order valence-corrected chi connectivity index (χ1v) is 8.91. The molecule has 0 amide bonds. The molecule has 3 rings (SSSR count). The SMILES string of the molecule is [2H]C([2H])([2H])N1CCC[C@@H]1Cc1c(C(C)C)[nH]c2ccc(SC(F)F)cc12. The van der Waals surface area contributed by atoms with Crippen LogP contribution in [0.25, 0.3) is 10.9 Å². The van der Waals surface area contributed by atoms with Gasteiger partial charge in [0.15, 0.2) is 0 Å². The largest absolute Gasteiger partial charge is 0.358 e. The summed E-state index contributed by atoms with van der Waals surface area (Å²) in [5.41, 5.74) is 3.05. The third kappa shape index (κ3) is 3.56. The highest BCUT2D eigenvalue weighted by molar-refractivity contribution is 7.99. The standard InChI is InChI=1S/C18H24F2N2S/c1-11(2)17-15(9-12-5-4-8-22(12)3)14-10-13(23-18(19)20)6-7-16(14)21-17/h6-7,10-12,18,21H,4-5,8-9H2,1-3H3/t12-/m1/s1/i3D3. The molecule has 1 fully saturated rings. The van der Waals surface area contributed by atoms with E-state index in [0.717, 1.165) is 35.0 Å². The van der Waals surface area contributed by atoms with Gasteiger partial charge in [0.25, 0.3) is 5.76 Å². The Bertz CT molecular complexity index is 774. The third-order valence-electron chi connectivity index (χ3n) is 4.53. The van der Waals surface area contributed by atoms with Crippen LogP contribution in [0.2, 0.25) is 0 Å². The topological polar surface area (TPSA) is 19.0 Å². The number of hydrogen-bond acceptors (Lipinski definition) is 2. The molecule has 1 aromatic carbocycles. The summed E-state index contributed by atoms with van der Waals surface area (Å²) in [6, 6.07) is 5.29. The maximum Gasteiger partial charge on any atom is 0.288 e. The van der Waals surface area contributed by atoms with Gasteiger partial charge < -0.3 is 9.88 Å². The van der Waals surface area contributed by atoms with Crippen molar-refractivity contribution in [3.63, 3.8) is 0 Å². The van der Waals surface area contributed by atoms with E-state index in [-0.39, 0.29) is 12.0 Å². The van der Waals surface area contributed by atoms with Crippen LogP contribution in [0.5, 0.6) is 0 Å². The van der Waals surface area contributed by atoms with Gasteiger partial charge in [-0.3, -0.25) is 0 Å². The van der Waals surface area contributed by atoms with Gasteiger partial charge in [0.2, 0.25) is 0 Å². The lowest BCUT2D eigenvalue weighted by Crippen LogP contribution is -2.27. The van der Waals surface area contributed by atoms with Crippen molar-refractivity contribution in [1.82, 2.24) is 9.88 Å². The Morgan fingerprint density at radius 2 is 2.26 bits per heavy atom. The lowest BCUT2D eigenvalue weighted by atomic mass is 9.96. The molecular weight excluding hydrogens is 314 g/mol. The Hall–Kier alpha value is -1.07. The molecule has 1 aromatic heterocycles.